The van der Waals surface area contributed by atoms with E-state index in [0.29, 0.717) is 21.4 Å². The van der Waals surface area contributed by atoms with Gasteiger partial charge in [-0.3, -0.25) is 4.79 Å². The van der Waals surface area contributed by atoms with Gasteiger partial charge in [-0.15, -0.1) is 0 Å². The standard InChI is InChI=1S/C16H14ClNO4S/c1-22-12-4-5-14(17)10(8-12)7-11(19)9-23-15-13(16(20)21)3-2-6-18-15/h2-6,8H,7,9H2,1H3,(H,20,21). The van der Waals surface area contributed by atoms with E-state index in [2.05, 4.69) is 4.98 Å². The van der Waals surface area contributed by atoms with Crippen molar-refractivity contribution in [1.82, 2.24) is 4.98 Å². The van der Waals surface area contributed by atoms with E-state index in [-0.39, 0.29) is 23.5 Å². The van der Waals surface area contributed by atoms with Crippen molar-refractivity contribution in [3.05, 3.63) is 52.7 Å². The van der Waals surface area contributed by atoms with Gasteiger partial charge in [-0.1, -0.05) is 23.4 Å². The number of thioether (sulfide) groups is 1. The van der Waals surface area contributed by atoms with Crippen LogP contribution in [0.1, 0.15) is 15.9 Å². The first-order valence-electron chi connectivity index (χ1n) is 6.66. The summed E-state index contributed by atoms with van der Waals surface area (Å²) in [5.74, 6) is -0.399. The Morgan fingerprint density at radius 2 is 2.13 bits per heavy atom. The third-order valence-electron chi connectivity index (χ3n) is 3.01. The van der Waals surface area contributed by atoms with Gasteiger partial charge < -0.3 is 9.84 Å². The average molecular weight is 352 g/mol. The molecule has 7 heteroatoms. The number of ketones is 1. The summed E-state index contributed by atoms with van der Waals surface area (Å²) in [5, 5.41) is 9.91. The van der Waals surface area contributed by atoms with Crippen LogP contribution in [-0.2, 0) is 11.2 Å². The molecule has 2 rings (SSSR count). The van der Waals surface area contributed by atoms with Crippen LogP contribution in [0.4, 0.5) is 0 Å². The van der Waals surface area contributed by atoms with Crippen molar-refractivity contribution in [2.45, 2.75) is 11.4 Å². The molecule has 2 aromatic rings. The molecule has 0 saturated carbocycles. The van der Waals surface area contributed by atoms with Gasteiger partial charge in [0.25, 0.3) is 0 Å². The minimum atomic E-state index is -1.07. The SMILES string of the molecule is COc1ccc(Cl)c(CC(=O)CSc2ncccc2C(=O)O)c1. The first-order valence-corrected chi connectivity index (χ1v) is 8.03. The molecule has 1 N–H and O–H groups in total. The Bertz CT molecular complexity index is 736. The van der Waals surface area contributed by atoms with Crippen molar-refractivity contribution in [1.29, 1.82) is 0 Å². The molecule has 0 bridgehead atoms. The summed E-state index contributed by atoms with van der Waals surface area (Å²) in [6.07, 6.45) is 1.65. The molecule has 5 nitrogen and oxygen atoms in total. The Morgan fingerprint density at radius 1 is 1.35 bits per heavy atom. The number of aromatic carboxylic acids is 1. The van der Waals surface area contributed by atoms with Crippen LogP contribution in [0.5, 0.6) is 5.75 Å². The second-order valence-electron chi connectivity index (χ2n) is 4.62. The number of benzene rings is 1. The monoisotopic (exact) mass is 351 g/mol. The van der Waals surface area contributed by atoms with E-state index in [4.69, 9.17) is 21.4 Å². The third kappa shape index (κ3) is 4.71. The highest BCUT2D eigenvalue weighted by molar-refractivity contribution is 8.00. The van der Waals surface area contributed by atoms with Gasteiger partial charge in [-0.2, -0.15) is 0 Å². The molecule has 23 heavy (non-hydrogen) atoms. The lowest BCUT2D eigenvalue weighted by Crippen LogP contribution is -2.08. The van der Waals surface area contributed by atoms with Gasteiger partial charge in [0, 0.05) is 17.6 Å². The zero-order valence-electron chi connectivity index (χ0n) is 12.3. The van der Waals surface area contributed by atoms with Gasteiger partial charge in [0.2, 0.25) is 0 Å². The van der Waals surface area contributed by atoms with Crippen molar-refractivity contribution in [3.8, 4) is 5.75 Å². The largest absolute Gasteiger partial charge is 0.497 e. The molecular formula is C16H14ClNO4S. The highest BCUT2D eigenvalue weighted by Gasteiger charge is 2.14. The molecule has 0 fully saturated rings. The van der Waals surface area contributed by atoms with E-state index in [1.165, 1.54) is 12.3 Å². The molecular weight excluding hydrogens is 338 g/mol. The van der Waals surface area contributed by atoms with E-state index in [9.17, 15) is 9.59 Å². The van der Waals surface area contributed by atoms with Crippen LogP contribution < -0.4 is 4.74 Å². The first kappa shape index (κ1) is 17.3. The lowest BCUT2D eigenvalue weighted by molar-refractivity contribution is -0.116. The molecule has 1 aromatic carbocycles. The smallest absolute Gasteiger partial charge is 0.338 e. The van der Waals surface area contributed by atoms with E-state index >= 15 is 0 Å². The second-order valence-corrected chi connectivity index (χ2v) is 5.99. The normalized spacial score (nSPS) is 10.3. The molecule has 1 aromatic heterocycles. The average Bonchev–Trinajstić information content (AvgIpc) is 2.55. The highest BCUT2D eigenvalue weighted by atomic mass is 35.5. The van der Waals surface area contributed by atoms with Gasteiger partial charge in [-0.05, 0) is 35.9 Å². The number of nitrogens with zero attached hydrogens (tertiary/aromatic N) is 1. The molecule has 0 saturated heterocycles. The molecule has 0 amide bonds. The number of hydrogen-bond donors (Lipinski definition) is 1. The maximum Gasteiger partial charge on any atom is 0.338 e. The predicted molar refractivity (Wildman–Crippen MR) is 88.6 cm³/mol. The summed E-state index contributed by atoms with van der Waals surface area (Å²) in [5.41, 5.74) is 0.765. The number of carboxylic acids is 1. The number of aromatic nitrogens is 1. The number of carboxylic acid groups (broad SMARTS) is 1. The highest BCUT2D eigenvalue weighted by Crippen LogP contribution is 2.24. The first-order chi connectivity index (χ1) is 11.0. The summed E-state index contributed by atoms with van der Waals surface area (Å²) < 4.78 is 5.11. The van der Waals surface area contributed by atoms with Crippen LogP contribution in [0.25, 0.3) is 0 Å². The fourth-order valence-electron chi connectivity index (χ4n) is 1.89. The quantitative estimate of drug-likeness (QED) is 0.771. The van der Waals surface area contributed by atoms with Crippen LogP contribution in [0.15, 0.2) is 41.6 Å². The summed E-state index contributed by atoms with van der Waals surface area (Å²) in [6.45, 7) is 0. The zero-order chi connectivity index (χ0) is 16.8. The van der Waals surface area contributed by atoms with Gasteiger partial charge in [-0.25, -0.2) is 9.78 Å². The number of hydrogen-bond acceptors (Lipinski definition) is 5. The van der Waals surface area contributed by atoms with E-state index in [0.717, 1.165) is 11.8 Å². The number of rotatable bonds is 7. The minimum Gasteiger partial charge on any atom is -0.497 e. The zero-order valence-corrected chi connectivity index (χ0v) is 13.9. The Morgan fingerprint density at radius 3 is 2.83 bits per heavy atom. The molecule has 0 radical (unpaired) electrons. The fourth-order valence-corrected chi connectivity index (χ4v) is 2.92. The molecule has 0 aliphatic carbocycles. The molecule has 0 aliphatic heterocycles. The van der Waals surface area contributed by atoms with Gasteiger partial charge in [0.1, 0.15) is 16.6 Å². The van der Waals surface area contributed by atoms with E-state index in [1.54, 1.807) is 31.4 Å². The van der Waals surface area contributed by atoms with Crippen molar-refractivity contribution in [2.24, 2.45) is 0 Å². The number of Topliss-reactive ketones (excluding diaryl/α,β-unsaturated/α-hetero) is 1. The van der Waals surface area contributed by atoms with Crippen LogP contribution in [0.3, 0.4) is 0 Å². The molecule has 0 spiro atoms. The van der Waals surface area contributed by atoms with Crippen LogP contribution >= 0.6 is 23.4 Å². The lowest BCUT2D eigenvalue weighted by atomic mass is 10.1. The number of ether oxygens (including phenoxy) is 1. The molecule has 1 heterocycles. The van der Waals surface area contributed by atoms with Crippen molar-refractivity contribution in [3.63, 3.8) is 0 Å². The summed E-state index contributed by atoms with van der Waals surface area (Å²) in [4.78, 5) is 27.2. The Labute approximate surface area is 142 Å². The van der Waals surface area contributed by atoms with E-state index in [1.807, 2.05) is 0 Å². The Balaban J connectivity index is 2.02. The second kappa shape index (κ2) is 7.99. The summed E-state index contributed by atoms with van der Waals surface area (Å²) >= 11 is 7.18. The van der Waals surface area contributed by atoms with Gasteiger partial charge in [0.05, 0.1) is 18.4 Å². The number of halogens is 1. The Kier molecular flexibility index (Phi) is 6.01. The summed E-state index contributed by atoms with van der Waals surface area (Å²) in [7, 11) is 1.54. The molecule has 120 valence electrons. The number of carbonyl (C=O) groups excluding carboxylic acids is 1. The number of carbonyl (C=O) groups is 2. The maximum atomic E-state index is 12.1. The molecule has 0 atom stereocenters. The third-order valence-corrected chi connectivity index (χ3v) is 4.45. The number of pyridine rings is 1. The number of methoxy groups -OCH3 is 1. The maximum absolute atomic E-state index is 12.1. The molecule has 0 aliphatic rings. The fraction of sp³-hybridized carbons (Fsp3) is 0.188. The van der Waals surface area contributed by atoms with E-state index < -0.39 is 5.97 Å². The van der Waals surface area contributed by atoms with Gasteiger partial charge >= 0.3 is 5.97 Å². The Hall–Kier alpha value is -2.05. The molecule has 0 unspecified atom stereocenters. The topological polar surface area (TPSA) is 76.5 Å². The van der Waals surface area contributed by atoms with Crippen LogP contribution in [-0.4, -0.2) is 34.7 Å². The van der Waals surface area contributed by atoms with Crippen LogP contribution in [0, 0.1) is 0 Å². The lowest BCUT2D eigenvalue weighted by Gasteiger charge is -2.07. The van der Waals surface area contributed by atoms with Gasteiger partial charge in [0.15, 0.2) is 0 Å². The van der Waals surface area contributed by atoms with Crippen molar-refractivity contribution < 1.29 is 19.4 Å². The van der Waals surface area contributed by atoms with Crippen LogP contribution in [0.2, 0.25) is 5.02 Å². The van der Waals surface area contributed by atoms with Crippen molar-refractivity contribution in [2.75, 3.05) is 12.9 Å². The predicted octanol–water partition coefficient (Wildman–Crippen LogP) is 3.35. The van der Waals surface area contributed by atoms with Crippen molar-refractivity contribution >= 4 is 35.1 Å². The summed E-state index contributed by atoms with van der Waals surface area (Å²) in [6, 6.07) is 8.12. The minimum absolute atomic E-state index is 0.0767.